The molecule has 19 heavy (non-hydrogen) atoms. The zero-order chi connectivity index (χ0) is 14.6. The molecule has 1 rings (SSSR count). The third kappa shape index (κ3) is 3.80. The number of nitrogens with zero attached hydrogens (tertiary/aromatic N) is 1. The highest BCUT2D eigenvalue weighted by Gasteiger charge is 2.21. The van der Waals surface area contributed by atoms with E-state index in [1.807, 2.05) is 19.1 Å². The molecule has 1 atom stereocenters. The van der Waals surface area contributed by atoms with Crippen LogP contribution in [0.25, 0.3) is 0 Å². The van der Waals surface area contributed by atoms with Crippen LogP contribution in [0.15, 0.2) is 24.3 Å². The molecule has 1 unspecified atom stereocenters. The first-order valence-electron chi connectivity index (χ1n) is 6.80. The maximum absolute atomic E-state index is 12.2. The van der Waals surface area contributed by atoms with Gasteiger partial charge in [0.05, 0.1) is 12.5 Å². The topological polar surface area (TPSA) is 40.5 Å². The molecule has 1 aromatic rings. The SMILES string of the molecule is CCC(CO)C(=O)N(C)c1ccc(C(C)(C)C)cc1. The number of aliphatic hydroxyl groups is 1. The minimum atomic E-state index is -0.313. The van der Waals surface area contributed by atoms with E-state index in [1.54, 1.807) is 11.9 Å². The van der Waals surface area contributed by atoms with Crippen LogP contribution in [0, 0.1) is 5.92 Å². The Balaban J connectivity index is 2.89. The fourth-order valence-electron chi connectivity index (χ4n) is 1.97. The normalized spacial score (nSPS) is 13.2. The number of hydrogen-bond acceptors (Lipinski definition) is 2. The van der Waals surface area contributed by atoms with Gasteiger partial charge in [0.15, 0.2) is 0 Å². The van der Waals surface area contributed by atoms with Gasteiger partial charge in [0.25, 0.3) is 0 Å². The highest BCUT2D eigenvalue weighted by atomic mass is 16.3. The summed E-state index contributed by atoms with van der Waals surface area (Å²) in [5.41, 5.74) is 2.22. The van der Waals surface area contributed by atoms with E-state index >= 15 is 0 Å². The van der Waals surface area contributed by atoms with Gasteiger partial charge in [0.2, 0.25) is 5.91 Å². The van der Waals surface area contributed by atoms with Crippen molar-refractivity contribution in [2.75, 3.05) is 18.6 Å². The molecule has 1 N–H and O–H groups in total. The summed E-state index contributed by atoms with van der Waals surface area (Å²) < 4.78 is 0. The van der Waals surface area contributed by atoms with Crippen molar-refractivity contribution >= 4 is 11.6 Å². The van der Waals surface area contributed by atoms with E-state index < -0.39 is 0 Å². The predicted molar refractivity (Wildman–Crippen MR) is 79.4 cm³/mol. The smallest absolute Gasteiger partial charge is 0.232 e. The largest absolute Gasteiger partial charge is 0.396 e. The number of anilines is 1. The summed E-state index contributed by atoms with van der Waals surface area (Å²) in [6.45, 7) is 8.30. The molecular weight excluding hydrogens is 238 g/mol. The molecule has 0 aliphatic rings. The Kier molecular flexibility index (Phi) is 5.12. The molecule has 1 aromatic carbocycles. The molecule has 3 nitrogen and oxygen atoms in total. The monoisotopic (exact) mass is 263 g/mol. The van der Waals surface area contributed by atoms with Crippen molar-refractivity contribution in [2.24, 2.45) is 5.92 Å². The number of carbonyl (C=O) groups excluding carboxylic acids is 1. The lowest BCUT2D eigenvalue weighted by Crippen LogP contribution is -2.34. The Labute approximate surface area is 116 Å². The van der Waals surface area contributed by atoms with Crippen molar-refractivity contribution < 1.29 is 9.90 Å². The van der Waals surface area contributed by atoms with Crippen LogP contribution in [-0.2, 0) is 10.2 Å². The summed E-state index contributed by atoms with van der Waals surface area (Å²) >= 11 is 0. The van der Waals surface area contributed by atoms with Crippen molar-refractivity contribution in [3.05, 3.63) is 29.8 Å². The van der Waals surface area contributed by atoms with Gasteiger partial charge < -0.3 is 10.0 Å². The third-order valence-corrected chi connectivity index (χ3v) is 3.51. The van der Waals surface area contributed by atoms with Gasteiger partial charge in [0.1, 0.15) is 0 Å². The summed E-state index contributed by atoms with van der Waals surface area (Å²) in [7, 11) is 1.76. The van der Waals surface area contributed by atoms with E-state index in [9.17, 15) is 9.90 Å². The van der Waals surface area contributed by atoms with E-state index in [0.29, 0.717) is 6.42 Å². The summed E-state index contributed by atoms with van der Waals surface area (Å²) in [5, 5.41) is 9.20. The lowest BCUT2D eigenvalue weighted by Gasteiger charge is -2.24. The van der Waals surface area contributed by atoms with Crippen molar-refractivity contribution in [1.29, 1.82) is 0 Å². The molecule has 0 saturated heterocycles. The number of benzene rings is 1. The average molecular weight is 263 g/mol. The molecule has 0 heterocycles. The number of rotatable bonds is 4. The second kappa shape index (κ2) is 6.20. The first kappa shape index (κ1) is 15.7. The van der Waals surface area contributed by atoms with Crippen LogP contribution >= 0.6 is 0 Å². The summed E-state index contributed by atoms with van der Waals surface area (Å²) in [5.74, 6) is -0.346. The van der Waals surface area contributed by atoms with Gasteiger partial charge in [-0.3, -0.25) is 4.79 Å². The first-order valence-corrected chi connectivity index (χ1v) is 6.80. The number of amides is 1. The minimum Gasteiger partial charge on any atom is -0.396 e. The molecule has 0 aliphatic heterocycles. The van der Waals surface area contributed by atoms with Gasteiger partial charge >= 0.3 is 0 Å². The number of aliphatic hydroxyl groups excluding tert-OH is 1. The zero-order valence-corrected chi connectivity index (χ0v) is 12.6. The second-order valence-electron chi connectivity index (χ2n) is 5.98. The van der Waals surface area contributed by atoms with Crippen LogP contribution in [0.5, 0.6) is 0 Å². The average Bonchev–Trinajstić information content (AvgIpc) is 2.38. The number of carbonyl (C=O) groups is 1. The lowest BCUT2D eigenvalue weighted by atomic mass is 9.87. The summed E-state index contributed by atoms with van der Waals surface area (Å²) in [6, 6.07) is 8.03. The van der Waals surface area contributed by atoms with Gasteiger partial charge in [0, 0.05) is 12.7 Å². The second-order valence-corrected chi connectivity index (χ2v) is 5.98. The molecule has 1 amide bonds. The van der Waals surface area contributed by atoms with Crippen LogP contribution in [-0.4, -0.2) is 24.7 Å². The fourth-order valence-corrected chi connectivity index (χ4v) is 1.97. The van der Waals surface area contributed by atoms with Gasteiger partial charge in [-0.1, -0.05) is 39.8 Å². The van der Waals surface area contributed by atoms with Crippen molar-refractivity contribution in [2.45, 2.75) is 39.5 Å². The minimum absolute atomic E-state index is 0.0338. The molecule has 0 aromatic heterocycles. The Hall–Kier alpha value is -1.35. The highest BCUT2D eigenvalue weighted by Crippen LogP contribution is 2.25. The van der Waals surface area contributed by atoms with E-state index in [1.165, 1.54) is 5.56 Å². The van der Waals surface area contributed by atoms with E-state index in [4.69, 9.17) is 0 Å². The van der Waals surface area contributed by atoms with Crippen molar-refractivity contribution in [3.8, 4) is 0 Å². The van der Waals surface area contributed by atoms with Crippen LogP contribution < -0.4 is 4.90 Å². The summed E-state index contributed by atoms with van der Waals surface area (Å²) in [4.78, 5) is 13.8. The standard InChI is InChI=1S/C16H25NO2/c1-6-12(11-18)15(19)17(5)14-9-7-13(8-10-14)16(2,3)4/h7-10,12,18H,6,11H2,1-5H3. The molecule has 0 radical (unpaired) electrons. The van der Waals surface area contributed by atoms with Crippen LogP contribution in [0.3, 0.4) is 0 Å². The number of hydrogen-bond donors (Lipinski definition) is 1. The predicted octanol–water partition coefficient (Wildman–Crippen LogP) is 2.97. The quantitative estimate of drug-likeness (QED) is 0.907. The Bertz CT molecular complexity index is 413. The third-order valence-electron chi connectivity index (χ3n) is 3.51. The molecule has 0 bridgehead atoms. The zero-order valence-electron chi connectivity index (χ0n) is 12.6. The molecule has 0 spiro atoms. The van der Waals surface area contributed by atoms with E-state index in [-0.39, 0.29) is 23.8 Å². The van der Waals surface area contributed by atoms with E-state index in [0.717, 1.165) is 5.69 Å². The van der Waals surface area contributed by atoms with Gasteiger partial charge in [-0.15, -0.1) is 0 Å². The van der Waals surface area contributed by atoms with Gasteiger partial charge in [-0.05, 0) is 29.5 Å². The lowest BCUT2D eigenvalue weighted by molar-refractivity contribution is -0.123. The molecule has 0 aliphatic carbocycles. The Morgan fingerprint density at radius 2 is 1.79 bits per heavy atom. The molecule has 3 heteroatoms. The van der Waals surface area contributed by atoms with E-state index in [2.05, 4.69) is 32.9 Å². The Morgan fingerprint density at radius 1 is 1.26 bits per heavy atom. The highest BCUT2D eigenvalue weighted by molar-refractivity contribution is 5.94. The Morgan fingerprint density at radius 3 is 2.16 bits per heavy atom. The van der Waals surface area contributed by atoms with Gasteiger partial charge in [-0.25, -0.2) is 0 Å². The molecular formula is C16H25NO2. The molecule has 0 fully saturated rings. The fraction of sp³-hybridized carbons (Fsp3) is 0.562. The molecule has 106 valence electrons. The molecule has 0 saturated carbocycles. The van der Waals surface area contributed by atoms with Crippen LogP contribution in [0.4, 0.5) is 5.69 Å². The van der Waals surface area contributed by atoms with Crippen LogP contribution in [0.2, 0.25) is 0 Å². The van der Waals surface area contributed by atoms with Crippen LogP contribution in [0.1, 0.15) is 39.7 Å². The first-order chi connectivity index (χ1) is 8.81. The maximum Gasteiger partial charge on any atom is 0.232 e. The van der Waals surface area contributed by atoms with Gasteiger partial charge in [-0.2, -0.15) is 0 Å². The summed E-state index contributed by atoms with van der Waals surface area (Å²) in [6.07, 6.45) is 0.653. The maximum atomic E-state index is 12.2. The van der Waals surface area contributed by atoms with Crippen molar-refractivity contribution in [3.63, 3.8) is 0 Å². The van der Waals surface area contributed by atoms with Crippen molar-refractivity contribution in [1.82, 2.24) is 0 Å².